The third-order valence-corrected chi connectivity index (χ3v) is 7.25. The fourth-order valence-electron chi connectivity index (χ4n) is 3.44. The van der Waals surface area contributed by atoms with Crippen LogP contribution in [0, 0.1) is 17.2 Å². The average Bonchev–Trinajstić information content (AvgIpc) is 3.01. The highest BCUT2D eigenvalue weighted by Crippen LogP contribution is 2.39. The fourth-order valence-corrected chi connectivity index (χ4v) is 5.33. The number of rotatable bonds is 6. The van der Waals surface area contributed by atoms with Gasteiger partial charge in [-0.3, -0.25) is 4.79 Å². The number of hydrogen-bond donors (Lipinski definition) is 3. The number of benzene rings is 1. The first kappa shape index (κ1) is 21.5. The van der Waals surface area contributed by atoms with Crippen molar-refractivity contribution in [1.82, 2.24) is 5.32 Å². The Morgan fingerprint density at radius 2 is 2.07 bits per heavy atom. The van der Waals surface area contributed by atoms with E-state index in [1.807, 2.05) is 6.92 Å². The molecular formula is C20H24N4O3S2. The molecule has 1 amide bonds. The maximum atomic E-state index is 12.4. The van der Waals surface area contributed by atoms with E-state index in [1.54, 1.807) is 12.1 Å². The number of anilines is 1. The molecule has 7 nitrogen and oxygen atoms in total. The van der Waals surface area contributed by atoms with Gasteiger partial charge in [-0.25, -0.2) is 13.6 Å². The van der Waals surface area contributed by atoms with E-state index in [1.165, 1.54) is 28.3 Å². The Bertz CT molecular complexity index is 1050. The molecule has 2 aromatic rings. The monoisotopic (exact) mass is 432 g/mol. The number of amides is 1. The number of fused-ring (bicyclic) bond motifs is 1. The van der Waals surface area contributed by atoms with Gasteiger partial charge in [-0.05, 0) is 55.4 Å². The molecule has 29 heavy (non-hydrogen) atoms. The van der Waals surface area contributed by atoms with E-state index in [4.69, 9.17) is 5.14 Å². The predicted octanol–water partition coefficient (Wildman–Crippen LogP) is 2.68. The minimum Gasteiger partial charge on any atom is -0.315 e. The summed E-state index contributed by atoms with van der Waals surface area (Å²) in [6.07, 6.45) is 2.90. The maximum absolute atomic E-state index is 12.4. The summed E-state index contributed by atoms with van der Waals surface area (Å²) in [7, 11) is -3.73. The number of carbonyl (C=O) groups excluding carboxylic acids is 1. The number of nitrogens with one attached hydrogen (secondary N) is 2. The Morgan fingerprint density at radius 1 is 1.38 bits per heavy atom. The van der Waals surface area contributed by atoms with Crippen molar-refractivity contribution in [2.45, 2.75) is 44.0 Å². The van der Waals surface area contributed by atoms with Crippen molar-refractivity contribution >= 4 is 32.3 Å². The van der Waals surface area contributed by atoms with Crippen molar-refractivity contribution in [3.8, 4) is 6.07 Å². The molecule has 1 aromatic carbocycles. The zero-order chi connectivity index (χ0) is 21.2. The molecule has 0 aliphatic heterocycles. The highest BCUT2D eigenvalue weighted by atomic mass is 32.2. The van der Waals surface area contributed by atoms with Crippen molar-refractivity contribution in [3.05, 3.63) is 45.8 Å². The minimum absolute atomic E-state index is 0.0474. The number of nitrogens with two attached hydrogens (primary N) is 1. The lowest BCUT2D eigenvalue weighted by Gasteiger charge is -2.17. The zero-order valence-corrected chi connectivity index (χ0v) is 18.0. The van der Waals surface area contributed by atoms with Gasteiger partial charge in [0, 0.05) is 10.9 Å². The van der Waals surface area contributed by atoms with Crippen molar-refractivity contribution in [3.63, 3.8) is 0 Å². The smallest absolute Gasteiger partial charge is 0.238 e. The van der Waals surface area contributed by atoms with Crippen LogP contribution in [-0.4, -0.2) is 20.9 Å². The van der Waals surface area contributed by atoms with E-state index in [9.17, 15) is 18.5 Å². The lowest BCUT2D eigenvalue weighted by molar-refractivity contribution is -0.115. The third kappa shape index (κ3) is 5.03. The number of thiophene rings is 1. The van der Waals surface area contributed by atoms with Gasteiger partial charge in [0.1, 0.15) is 11.1 Å². The fraction of sp³-hybridized carbons (Fsp3) is 0.400. The summed E-state index contributed by atoms with van der Waals surface area (Å²) in [5, 5.41) is 21.2. The highest BCUT2D eigenvalue weighted by molar-refractivity contribution is 7.89. The molecule has 1 aliphatic carbocycles. The van der Waals surface area contributed by atoms with Crippen molar-refractivity contribution < 1.29 is 13.2 Å². The van der Waals surface area contributed by atoms with E-state index in [2.05, 4.69) is 23.6 Å². The molecule has 0 bridgehead atoms. The Balaban J connectivity index is 1.61. The van der Waals surface area contributed by atoms with E-state index in [-0.39, 0.29) is 23.4 Å². The molecule has 0 fully saturated rings. The molecule has 0 spiro atoms. The summed E-state index contributed by atoms with van der Waals surface area (Å²) < 4.78 is 22.7. The summed E-state index contributed by atoms with van der Waals surface area (Å²) in [4.78, 5) is 13.7. The van der Waals surface area contributed by atoms with Gasteiger partial charge in [0.25, 0.3) is 0 Å². The maximum Gasteiger partial charge on any atom is 0.238 e. The Hall–Kier alpha value is -2.25. The molecule has 4 N–H and O–H groups in total. The number of hydrogen-bond acceptors (Lipinski definition) is 6. The van der Waals surface area contributed by atoms with Crippen LogP contribution in [0.4, 0.5) is 5.00 Å². The number of nitriles is 1. The third-order valence-electron chi connectivity index (χ3n) is 5.15. The first-order valence-electron chi connectivity index (χ1n) is 9.39. The molecule has 0 saturated carbocycles. The quantitative estimate of drug-likeness (QED) is 0.647. The number of primary sulfonamides is 1. The van der Waals surface area contributed by atoms with Crippen LogP contribution in [0.1, 0.15) is 47.9 Å². The van der Waals surface area contributed by atoms with Gasteiger partial charge in [0.15, 0.2) is 0 Å². The van der Waals surface area contributed by atoms with Crippen LogP contribution < -0.4 is 15.8 Å². The Labute approximate surface area is 175 Å². The normalized spacial score (nSPS) is 17.2. The van der Waals surface area contributed by atoms with E-state index < -0.39 is 10.0 Å². The highest BCUT2D eigenvalue weighted by Gasteiger charge is 2.24. The molecule has 0 radical (unpaired) electrons. The lowest BCUT2D eigenvalue weighted by atomic mass is 9.89. The Kier molecular flexibility index (Phi) is 6.39. The van der Waals surface area contributed by atoms with Crippen LogP contribution >= 0.6 is 11.3 Å². The largest absolute Gasteiger partial charge is 0.315 e. The van der Waals surface area contributed by atoms with Gasteiger partial charge >= 0.3 is 0 Å². The minimum atomic E-state index is -3.73. The molecule has 3 rings (SSSR count). The topological polar surface area (TPSA) is 125 Å². The second-order valence-electron chi connectivity index (χ2n) is 7.43. The number of sulfonamides is 1. The summed E-state index contributed by atoms with van der Waals surface area (Å²) in [6, 6.07) is 8.30. The van der Waals surface area contributed by atoms with Gasteiger partial charge in [0.05, 0.1) is 17.0 Å². The summed E-state index contributed by atoms with van der Waals surface area (Å²) in [5.74, 6) is 0.376. The average molecular weight is 433 g/mol. The summed E-state index contributed by atoms with van der Waals surface area (Å²) in [5.41, 5.74) is 2.52. The van der Waals surface area contributed by atoms with Crippen LogP contribution in [0.5, 0.6) is 0 Å². The zero-order valence-electron chi connectivity index (χ0n) is 16.4. The van der Waals surface area contributed by atoms with Crippen LogP contribution in [-0.2, 0) is 27.7 Å². The molecule has 1 aromatic heterocycles. The van der Waals surface area contributed by atoms with Gasteiger partial charge < -0.3 is 10.6 Å². The predicted molar refractivity (Wildman–Crippen MR) is 113 cm³/mol. The molecular weight excluding hydrogens is 408 g/mol. The lowest BCUT2D eigenvalue weighted by Crippen LogP contribution is -2.30. The number of nitrogens with zero attached hydrogens (tertiary/aromatic N) is 1. The van der Waals surface area contributed by atoms with E-state index >= 15 is 0 Å². The SMILES string of the molecule is CC1CCc2c(sc(NC(=O)CNC(C)c3ccc(S(N)(=O)=O)cc3)c2C#N)C1. The molecule has 2 unspecified atom stereocenters. The van der Waals surface area contributed by atoms with Crippen molar-refractivity contribution in [1.29, 1.82) is 5.26 Å². The molecule has 1 heterocycles. The first-order chi connectivity index (χ1) is 13.7. The standard InChI is InChI=1S/C20H24N4O3S2/c1-12-3-8-16-17(10-21)20(28-18(16)9-12)24-19(25)11-23-13(2)14-4-6-15(7-5-14)29(22,26)27/h4-7,12-13,23H,3,8-9,11H2,1-2H3,(H,24,25)(H2,22,26,27). The molecule has 1 aliphatic rings. The first-order valence-corrected chi connectivity index (χ1v) is 11.8. The molecule has 0 saturated heterocycles. The molecule has 154 valence electrons. The van der Waals surface area contributed by atoms with Gasteiger partial charge in [0.2, 0.25) is 15.9 Å². The Morgan fingerprint density at radius 3 is 2.69 bits per heavy atom. The van der Waals surface area contributed by atoms with Crippen molar-refractivity contribution in [2.75, 3.05) is 11.9 Å². The van der Waals surface area contributed by atoms with E-state index in [0.717, 1.165) is 30.4 Å². The molecule has 9 heteroatoms. The van der Waals surface area contributed by atoms with Gasteiger partial charge in [-0.2, -0.15) is 5.26 Å². The van der Waals surface area contributed by atoms with E-state index in [0.29, 0.717) is 16.5 Å². The van der Waals surface area contributed by atoms with Crippen LogP contribution in [0.3, 0.4) is 0 Å². The van der Waals surface area contributed by atoms with Crippen LogP contribution in [0.2, 0.25) is 0 Å². The van der Waals surface area contributed by atoms with Gasteiger partial charge in [-0.15, -0.1) is 11.3 Å². The number of carbonyl (C=O) groups is 1. The summed E-state index contributed by atoms with van der Waals surface area (Å²) in [6.45, 7) is 4.15. The second kappa shape index (κ2) is 8.63. The van der Waals surface area contributed by atoms with Crippen molar-refractivity contribution in [2.24, 2.45) is 11.1 Å². The van der Waals surface area contributed by atoms with Gasteiger partial charge in [-0.1, -0.05) is 19.1 Å². The second-order valence-corrected chi connectivity index (χ2v) is 10.1. The molecule has 2 atom stereocenters. The summed E-state index contributed by atoms with van der Waals surface area (Å²) >= 11 is 1.50. The van der Waals surface area contributed by atoms with Crippen LogP contribution in [0.15, 0.2) is 29.2 Å². The van der Waals surface area contributed by atoms with Crippen LogP contribution in [0.25, 0.3) is 0 Å².